The molecule has 0 unspecified atom stereocenters. The monoisotopic (exact) mass is 414 g/mol. The Morgan fingerprint density at radius 3 is 2.25 bits per heavy atom. The van der Waals surface area contributed by atoms with E-state index in [1.807, 2.05) is 54.7 Å². The largest absolute Gasteiger partial charge is 0.439 e. The summed E-state index contributed by atoms with van der Waals surface area (Å²) in [6.45, 7) is 0. The fourth-order valence-corrected chi connectivity index (χ4v) is 4.02. The van der Waals surface area contributed by atoms with Crippen LogP contribution >= 0.6 is 0 Å². The summed E-state index contributed by atoms with van der Waals surface area (Å²) in [6, 6.07) is 30.1. The van der Waals surface area contributed by atoms with E-state index < -0.39 is 0 Å². The first-order valence-electron chi connectivity index (χ1n) is 10.4. The minimum absolute atomic E-state index is 0.551. The smallest absolute Gasteiger partial charge is 0.219 e. The molecule has 0 saturated heterocycles. The summed E-state index contributed by atoms with van der Waals surface area (Å²) < 4.78 is 8.10. The lowest BCUT2D eigenvalue weighted by atomic mass is 10.1. The van der Waals surface area contributed by atoms with Crippen molar-refractivity contribution in [1.82, 2.24) is 19.5 Å². The molecule has 32 heavy (non-hydrogen) atoms. The minimum Gasteiger partial charge on any atom is -0.439 e. The second-order valence-corrected chi connectivity index (χ2v) is 7.42. The van der Waals surface area contributed by atoms with Crippen LogP contribution < -0.4 is 4.74 Å². The summed E-state index contributed by atoms with van der Waals surface area (Å²) in [4.78, 5) is 13.4. The Bertz CT molecular complexity index is 1540. The van der Waals surface area contributed by atoms with Crippen LogP contribution in [0.15, 0.2) is 110 Å². The highest BCUT2D eigenvalue weighted by molar-refractivity contribution is 6.10. The maximum atomic E-state index is 5.90. The van der Waals surface area contributed by atoms with Crippen molar-refractivity contribution in [1.29, 1.82) is 0 Å². The van der Waals surface area contributed by atoms with Gasteiger partial charge in [0, 0.05) is 47.1 Å². The third kappa shape index (κ3) is 3.17. The lowest BCUT2D eigenvalue weighted by Gasteiger charge is -2.09. The van der Waals surface area contributed by atoms with Gasteiger partial charge in [0.25, 0.3) is 0 Å². The van der Waals surface area contributed by atoms with Crippen molar-refractivity contribution < 1.29 is 4.74 Å². The van der Waals surface area contributed by atoms with Crippen molar-refractivity contribution >= 4 is 21.8 Å². The topological polar surface area (TPSA) is 52.8 Å². The molecule has 5 heteroatoms. The average molecular weight is 414 g/mol. The third-order valence-corrected chi connectivity index (χ3v) is 5.44. The molecule has 0 aliphatic carbocycles. The predicted molar refractivity (Wildman–Crippen MR) is 126 cm³/mol. The number of fused-ring (bicyclic) bond motifs is 3. The van der Waals surface area contributed by atoms with E-state index in [0.29, 0.717) is 11.6 Å². The van der Waals surface area contributed by atoms with Gasteiger partial charge in [-0.1, -0.05) is 42.5 Å². The summed E-state index contributed by atoms with van der Waals surface area (Å²) in [5.41, 5.74) is 4.04. The van der Waals surface area contributed by atoms with Crippen LogP contribution in [0.2, 0.25) is 0 Å². The number of benzene rings is 2. The van der Waals surface area contributed by atoms with Crippen LogP contribution in [0.25, 0.3) is 38.9 Å². The van der Waals surface area contributed by atoms with Crippen molar-refractivity contribution in [2.45, 2.75) is 0 Å². The van der Waals surface area contributed by atoms with E-state index in [0.717, 1.165) is 28.1 Å². The molecular formula is C27H18N4O. The number of pyridine rings is 3. The van der Waals surface area contributed by atoms with E-state index in [1.54, 1.807) is 12.4 Å². The summed E-state index contributed by atoms with van der Waals surface area (Å²) in [5.74, 6) is 2.13. The summed E-state index contributed by atoms with van der Waals surface area (Å²) in [5, 5.41) is 2.37. The lowest BCUT2D eigenvalue weighted by Crippen LogP contribution is -1.96. The highest BCUT2D eigenvalue weighted by Crippen LogP contribution is 2.34. The van der Waals surface area contributed by atoms with E-state index in [4.69, 9.17) is 4.74 Å². The van der Waals surface area contributed by atoms with Gasteiger partial charge in [-0.3, -0.25) is 9.55 Å². The van der Waals surface area contributed by atoms with Crippen LogP contribution in [-0.2, 0) is 0 Å². The molecule has 0 radical (unpaired) electrons. The molecule has 0 atom stereocenters. The number of nitrogens with zero attached hydrogens (tertiary/aromatic N) is 4. The number of rotatable bonds is 4. The molecular weight excluding hydrogens is 396 g/mol. The van der Waals surface area contributed by atoms with Crippen LogP contribution in [0, 0.1) is 0 Å². The molecule has 4 aromatic heterocycles. The number of para-hydroxylation sites is 1. The molecule has 6 aromatic rings. The van der Waals surface area contributed by atoms with E-state index in [-0.39, 0.29) is 0 Å². The third-order valence-electron chi connectivity index (χ3n) is 5.44. The number of hydrogen-bond acceptors (Lipinski definition) is 4. The zero-order chi connectivity index (χ0) is 21.3. The summed E-state index contributed by atoms with van der Waals surface area (Å²) in [7, 11) is 0. The van der Waals surface area contributed by atoms with E-state index in [9.17, 15) is 0 Å². The molecule has 5 nitrogen and oxygen atoms in total. The molecule has 0 spiro atoms. The Morgan fingerprint density at radius 2 is 1.41 bits per heavy atom. The van der Waals surface area contributed by atoms with Crippen LogP contribution in [0.1, 0.15) is 0 Å². The average Bonchev–Trinajstić information content (AvgIpc) is 3.19. The predicted octanol–water partition coefficient (Wildman–Crippen LogP) is 6.43. The Labute approximate surface area is 184 Å². The van der Waals surface area contributed by atoms with Crippen LogP contribution in [0.3, 0.4) is 0 Å². The Morgan fingerprint density at radius 1 is 0.594 bits per heavy atom. The van der Waals surface area contributed by atoms with E-state index in [2.05, 4.69) is 62.0 Å². The zero-order valence-corrected chi connectivity index (χ0v) is 17.1. The maximum absolute atomic E-state index is 5.90. The molecule has 0 aliphatic rings. The van der Waals surface area contributed by atoms with Crippen molar-refractivity contribution in [3.8, 4) is 28.7 Å². The molecule has 2 aromatic carbocycles. The lowest BCUT2D eigenvalue weighted by molar-refractivity contribution is 0.462. The van der Waals surface area contributed by atoms with Gasteiger partial charge in [0.15, 0.2) is 0 Å². The van der Waals surface area contributed by atoms with Gasteiger partial charge in [0.1, 0.15) is 11.6 Å². The fourth-order valence-electron chi connectivity index (χ4n) is 4.02. The van der Waals surface area contributed by atoms with Gasteiger partial charge in [-0.25, -0.2) is 9.97 Å². The SMILES string of the molecule is c1ccc(Oc2ccnc(-c3ccc4c5ccccc5n(-c5ccccn5)c4c3)c2)nc1. The molecule has 0 N–H and O–H groups in total. The molecule has 152 valence electrons. The number of aromatic nitrogens is 4. The summed E-state index contributed by atoms with van der Waals surface area (Å²) >= 11 is 0. The maximum Gasteiger partial charge on any atom is 0.219 e. The molecule has 0 aliphatic heterocycles. The standard InChI is InChI=1S/C27H18N4O/c1-2-8-24-21(7-1)22-12-11-19(17-25(22)31(24)26-9-3-5-14-29-26)23-18-20(13-16-28-23)32-27-10-4-6-15-30-27/h1-18H. The van der Waals surface area contributed by atoms with E-state index >= 15 is 0 Å². The highest BCUT2D eigenvalue weighted by atomic mass is 16.5. The van der Waals surface area contributed by atoms with Crippen LogP contribution in [0.5, 0.6) is 11.6 Å². The minimum atomic E-state index is 0.551. The first-order chi connectivity index (χ1) is 15.9. The van der Waals surface area contributed by atoms with Gasteiger partial charge in [0.05, 0.1) is 16.7 Å². The Kier molecular flexibility index (Phi) is 4.36. The van der Waals surface area contributed by atoms with Gasteiger partial charge in [-0.05, 0) is 36.4 Å². The van der Waals surface area contributed by atoms with E-state index in [1.165, 1.54) is 10.8 Å². The molecule has 0 bridgehead atoms. The number of hydrogen-bond donors (Lipinski definition) is 0. The van der Waals surface area contributed by atoms with Crippen molar-refractivity contribution in [2.24, 2.45) is 0 Å². The second kappa shape index (κ2) is 7.63. The van der Waals surface area contributed by atoms with Gasteiger partial charge in [-0.2, -0.15) is 0 Å². The fraction of sp³-hybridized carbons (Fsp3) is 0. The molecule has 0 amide bonds. The second-order valence-electron chi connectivity index (χ2n) is 7.42. The first-order valence-corrected chi connectivity index (χ1v) is 10.4. The van der Waals surface area contributed by atoms with Crippen molar-refractivity contribution in [3.05, 3.63) is 110 Å². The van der Waals surface area contributed by atoms with Gasteiger partial charge >= 0.3 is 0 Å². The van der Waals surface area contributed by atoms with Crippen LogP contribution in [-0.4, -0.2) is 19.5 Å². The van der Waals surface area contributed by atoms with Gasteiger partial charge in [0.2, 0.25) is 5.88 Å². The van der Waals surface area contributed by atoms with Crippen molar-refractivity contribution in [3.63, 3.8) is 0 Å². The normalized spacial score (nSPS) is 11.1. The quantitative estimate of drug-likeness (QED) is 0.334. The Hall–Kier alpha value is -4.51. The van der Waals surface area contributed by atoms with Gasteiger partial charge < -0.3 is 4.74 Å². The molecule has 6 rings (SSSR count). The van der Waals surface area contributed by atoms with Crippen molar-refractivity contribution in [2.75, 3.05) is 0 Å². The summed E-state index contributed by atoms with van der Waals surface area (Å²) in [6.07, 6.45) is 5.29. The zero-order valence-electron chi connectivity index (χ0n) is 17.1. The molecule has 0 fully saturated rings. The van der Waals surface area contributed by atoms with Crippen LogP contribution in [0.4, 0.5) is 0 Å². The first kappa shape index (κ1) is 18.3. The molecule has 0 saturated carbocycles. The Balaban J connectivity index is 1.50. The molecule has 4 heterocycles. The number of ether oxygens (including phenoxy) is 1. The highest BCUT2D eigenvalue weighted by Gasteiger charge is 2.14. The van der Waals surface area contributed by atoms with Gasteiger partial charge in [-0.15, -0.1) is 0 Å².